The molecule has 2 aromatic rings. The molecule has 114 valence electrons. The molecule has 1 N–H and O–H groups in total. The monoisotopic (exact) mass is 289 g/mol. The number of aryl methyl sites for hydroxylation is 2. The summed E-state index contributed by atoms with van der Waals surface area (Å²) in [4.78, 5) is 19.1. The summed E-state index contributed by atoms with van der Waals surface area (Å²) in [6.07, 6.45) is 3.66. The summed E-state index contributed by atoms with van der Waals surface area (Å²) in [5, 5.41) is 9.13. The zero-order valence-corrected chi connectivity index (χ0v) is 13.0. The van der Waals surface area contributed by atoms with Crippen molar-refractivity contribution in [2.75, 3.05) is 19.7 Å². The van der Waals surface area contributed by atoms with Crippen molar-refractivity contribution in [2.24, 2.45) is 0 Å². The average Bonchev–Trinajstić information content (AvgIpc) is 2.81. The molecule has 2 aromatic heterocycles. The van der Waals surface area contributed by atoms with E-state index < -0.39 is 0 Å². The highest BCUT2D eigenvalue weighted by molar-refractivity contribution is 5.94. The number of rotatable bonds is 6. The van der Waals surface area contributed by atoms with Crippen LogP contribution in [0.2, 0.25) is 0 Å². The number of aliphatic hydroxyl groups is 1. The highest BCUT2D eigenvalue weighted by Gasteiger charge is 2.22. The number of aliphatic hydroxyl groups excluding tert-OH is 1. The van der Waals surface area contributed by atoms with Crippen LogP contribution in [0.1, 0.15) is 42.0 Å². The van der Waals surface area contributed by atoms with Crippen molar-refractivity contribution >= 4 is 11.6 Å². The second kappa shape index (κ2) is 6.72. The van der Waals surface area contributed by atoms with Gasteiger partial charge < -0.3 is 10.0 Å². The van der Waals surface area contributed by atoms with E-state index in [1.165, 1.54) is 0 Å². The van der Waals surface area contributed by atoms with Gasteiger partial charge in [-0.2, -0.15) is 0 Å². The summed E-state index contributed by atoms with van der Waals surface area (Å²) in [5.74, 6) is -0.0619. The van der Waals surface area contributed by atoms with Crippen LogP contribution in [0, 0.1) is 6.92 Å². The fourth-order valence-corrected chi connectivity index (χ4v) is 2.51. The van der Waals surface area contributed by atoms with Crippen molar-refractivity contribution < 1.29 is 9.90 Å². The van der Waals surface area contributed by atoms with E-state index in [4.69, 9.17) is 5.11 Å². The lowest BCUT2D eigenvalue weighted by molar-refractivity contribution is 0.0724. The van der Waals surface area contributed by atoms with Crippen LogP contribution < -0.4 is 0 Å². The van der Waals surface area contributed by atoms with E-state index in [0.29, 0.717) is 18.8 Å². The summed E-state index contributed by atoms with van der Waals surface area (Å²) in [7, 11) is 0. The molecule has 0 aliphatic rings. The zero-order chi connectivity index (χ0) is 15.4. The number of carbonyl (C=O) groups is 1. The van der Waals surface area contributed by atoms with E-state index in [-0.39, 0.29) is 12.5 Å². The first-order valence-electron chi connectivity index (χ1n) is 7.50. The molecule has 0 aromatic carbocycles. The molecule has 0 saturated heterocycles. The number of hydrogen-bond acceptors (Lipinski definition) is 3. The molecule has 2 rings (SSSR count). The predicted octanol–water partition coefficient (Wildman–Crippen LogP) is 2.05. The Hall–Kier alpha value is -1.88. The molecule has 0 saturated carbocycles. The lowest BCUT2D eigenvalue weighted by Gasteiger charge is -2.20. The van der Waals surface area contributed by atoms with Crippen LogP contribution in [-0.2, 0) is 6.42 Å². The topological polar surface area (TPSA) is 57.8 Å². The molecule has 0 radical (unpaired) electrons. The summed E-state index contributed by atoms with van der Waals surface area (Å²) in [6.45, 7) is 6.89. The Labute approximate surface area is 125 Å². The third-order valence-electron chi connectivity index (χ3n) is 3.57. The number of fused-ring (bicyclic) bond motifs is 1. The molecule has 5 heteroatoms. The third-order valence-corrected chi connectivity index (χ3v) is 3.57. The van der Waals surface area contributed by atoms with Crippen LogP contribution in [-0.4, -0.2) is 45.0 Å². The van der Waals surface area contributed by atoms with Gasteiger partial charge in [0.2, 0.25) is 0 Å². The molecule has 0 aliphatic carbocycles. The Morgan fingerprint density at radius 1 is 1.38 bits per heavy atom. The lowest BCUT2D eigenvalue weighted by atomic mass is 10.2. The summed E-state index contributed by atoms with van der Waals surface area (Å²) in [6, 6.07) is 3.94. The highest BCUT2D eigenvalue weighted by Crippen LogP contribution is 2.18. The first-order valence-corrected chi connectivity index (χ1v) is 7.50. The van der Waals surface area contributed by atoms with Gasteiger partial charge in [-0.25, -0.2) is 4.98 Å². The van der Waals surface area contributed by atoms with Crippen molar-refractivity contribution in [1.29, 1.82) is 0 Å². The Morgan fingerprint density at radius 2 is 2.14 bits per heavy atom. The first kappa shape index (κ1) is 15.5. The Bertz CT molecular complexity index is 634. The largest absolute Gasteiger partial charge is 0.395 e. The van der Waals surface area contributed by atoms with Gasteiger partial charge in [0.15, 0.2) is 0 Å². The number of pyridine rings is 1. The molecule has 0 spiro atoms. The van der Waals surface area contributed by atoms with E-state index in [0.717, 1.165) is 29.7 Å². The second-order valence-electron chi connectivity index (χ2n) is 5.20. The van der Waals surface area contributed by atoms with Gasteiger partial charge in [-0.15, -0.1) is 0 Å². The summed E-state index contributed by atoms with van der Waals surface area (Å²) < 4.78 is 1.88. The molecule has 0 fully saturated rings. The van der Waals surface area contributed by atoms with Crippen molar-refractivity contribution in [3.63, 3.8) is 0 Å². The smallest absolute Gasteiger partial charge is 0.272 e. The van der Waals surface area contributed by atoms with Crippen LogP contribution >= 0.6 is 0 Å². The fourth-order valence-electron chi connectivity index (χ4n) is 2.51. The van der Waals surface area contributed by atoms with Gasteiger partial charge >= 0.3 is 0 Å². The van der Waals surface area contributed by atoms with Crippen molar-refractivity contribution in [3.8, 4) is 0 Å². The van der Waals surface area contributed by atoms with E-state index >= 15 is 0 Å². The number of hydrogen-bond donors (Lipinski definition) is 1. The molecule has 0 bridgehead atoms. The van der Waals surface area contributed by atoms with Gasteiger partial charge in [-0.3, -0.25) is 9.20 Å². The van der Waals surface area contributed by atoms with Crippen molar-refractivity contribution in [3.05, 3.63) is 35.3 Å². The molecule has 21 heavy (non-hydrogen) atoms. The second-order valence-corrected chi connectivity index (χ2v) is 5.20. The minimum atomic E-state index is -0.0619. The predicted molar refractivity (Wildman–Crippen MR) is 82.6 cm³/mol. The molecular formula is C16H23N3O2. The minimum Gasteiger partial charge on any atom is -0.395 e. The van der Waals surface area contributed by atoms with Crippen LogP contribution in [0.25, 0.3) is 5.65 Å². The van der Waals surface area contributed by atoms with Crippen molar-refractivity contribution in [2.45, 2.75) is 33.6 Å². The van der Waals surface area contributed by atoms with Crippen LogP contribution in [0.15, 0.2) is 18.3 Å². The van der Waals surface area contributed by atoms with Gasteiger partial charge in [-0.05, 0) is 31.9 Å². The van der Waals surface area contributed by atoms with E-state index in [1.54, 1.807) is 4.90 Å². The summed E-state index contributed by atoms with van der Waals surface area (Å²) in [5.41, 5.74) is 3.35. The standard InChI is InChI=1S/C16H23N3O2/c1-4-6-13-15(16(21)18(5-2)9-10-20)19-11-12(3)7-8-14(19)17-13/h7-8,11,20H,4-6,9-10H2,1-3H3. The molecule has 0 unspecified atom stereocenters. The number of imidazole rings is 1. The number of amides is 1. The normalized spacial score (nSPS) is 11.0. The molecule has 2 heterocycles. The number of aromatic nitrogens is 2. The quantitative estimate of drug-likeness (QED) is 0.885. The SMILES string of the molecule is CCCc1nc2ccc(C)cn2c1C(=O)N(CC)CCO. The minimum absolute atomic E-state index is 0.0293. The molecule has 1 amide bonds. The summed E-state index contributed by atoms with van der Waals surface area (Å²) >= 11 is 0. The van der Waals surface area contributed by atoms with Crippen molar-refractivity contribution in [1.82, 2.24) is 14.3 Å². The third kappa shape index (κ3) is 3.08. The van der Waals surface area contributed by atoms with E-state index in [2.05, 4.69) is 11.9 Å². The maximum absolute atomic E-state index is 12.8. The number of carbonyl (C=O) groups excluding carboxylic acids is 1. The van der Waals surface area contributed by atoms with Gasteiger partial charge in [0.05, 0.1) is 12.3 Å². The Kier molecular flexibility index (Phi) is 4.96. The van der Waals surface area contributed by atoms with E-state index in [1.807, 2.05) is 36.6 Å². The van der Waals surface area contributed by atoms with Crippen LogP contribution in [0.5, 0.6) is 0 Å². The first-order chi connectivity index (χ1) is 10.1. The maximum atomic E-state index is 12.8. The van der Waals surface area contributed by atoms with Gasteiger partial charge in [0, 0.05) is 19.3 Å². The molecule has 5 nitrogen and oxygen atoms in total. The van der Waals surface area contributed by atoms with Crippen LogP contribution in [0.4, 0.5) is 0 Å². The number of likely N-dealkylation sites (N-methyl/N-ethyl adjacent to an activating group) is 1. The Morgan fingerprint density at radius 3 is 2.76 bits per heavy atom. The molecular weight excluding hydrogens is 266 g/mol. The molecule has 0 aliphatic heterocycles. The zero-order valence-electron chi connectivity index (χ0n) is 13.0. The van der Waals surface area contributed by atoms with Gasteiger partial charge in [0.1, 0.15) is 11.3 Å². The fraction of sp³-hybridized carbons (Fsp3) is 0.500. The van der Waals surface area contributed by atoms with Gasteiger partial charge in [0.25, 0.3) is 5.91 Å². The highest BCUT2D eigenvalue weighted by atomic mass is 16.3. The van der Waals surface area contributed by atoms with E-state index in [9.17, 15) is 4.79 Å². The maximum Gasteiger partial charge on any atom is 0.272 e. The molecule has 0 atom stereocenters. The lowest BCUT2D eigenvalue weighted by Crippen LogP contribution is -2.34. The van der Waals surface area contributed by atoms with Gasteiger partial charge in [-0.1, -0.05) is 19.4 Å². The number of nitrogens with zero attached hydrogens (tertiary/aromatic N) is 3. The average molecular weight is 289 g/mol. The van der Waals surface area contributed by atoms with Crippen LogP contribution in [0.3, 0.4) is 0 Å². The Balaban J connectivity index is 2.55.